The molecule has 20 heavy (non-hydrogen) atoms. The van der Waals surface area contributed by atoms with Gasteiger partial charge in [0.25, 0.3) is 0 Å². The molecule has 0 bridgehead atoms. The van der Waals surface area contributed by atoms with Gasteiger partial charge in [0.15, 0.2) is 5.76 Å². The second-order valence-corrected chi connectivity index (χ2v) is 5.40. The molecule has 100 valence electrons. The second-order valence-electron chi connectivity index (χ2n) is 4.48. The van der Waals surface area contributed by atoms with Gasteiger partial charge < -0.3 is 9.63 Å². The van der Waals surface area contributed by atoms with Crippen LogP contribution in [0.15, 0.2) is 45.4 Å². The Morgan fingerprint density at radius 3 is 2.65 bits per heavy atom. The number of aryl methyl sites for hydroxylation is 1. The van der Waals surface area contributed by atoms with Crippen LogP contribution in [0.1, 0.15) is 16.1 Å². The molecule has 1 N–H and O–H groups in total. The topological polar surface area (TPSA) is 63.3 Å². The minimum atomic E-state index is -1.03. The lowest BCUT2D eigenvalue weighted by Crippen LogP contribution is -1.99. The Hall–Kier alpha value is -2.14. The average Bonchev–Trinajstić information content (AvgIpc) is 2.80. The predicted octanol–water partition coefficient (Wildman–Crippen LogP) is 4.26. The van der Waals surface area contributed by atoms with Crippen molar-refractivity contribution in [2.75, 3.05) is 0 Å². The van der Waals surface area contributed by atoms with Gasteiger partial charge >= 0.3 is 5.97 Å². The zero-order chi connectivity index (χ0) is 14.3. The molecule has 1 heterocycles. The summed E-state index contributed by atoms with van der Waals surface area (Å²) in [6.07, 6.45) is 0. The number of carboxylic acid groups (broad SMARTS) is 1. The van der Waals surface area contributed by atoms with Crippen molar-refractivity contribution in [2.45, 2.75) is 6.92 Å². The highest BCUT2D eigenvalue weighted by Gasteiger charge is 2.21. The first-order valence-corrected chi connectivity index (χ1v) is 6.75. The maximum Gasteiger partial charge on any atom is 0.341 e. The van der Waals surface area contributed by atoms with Crippen molar-refractivity contribution in [3.05, 3.63) is 52.1 Å². The molecule has 0 aliphatic rings. The molecule has 0 saturated heterocycles. The normalized spacial score (nSPS) is 10.9. The number of aromatic nitrogens is 1. The molecule has 0 fully saturated rings. The first-order valence-electron chi connectivity index (χ1n) is 5.95. The number of rotatable bonds is 2. The summed E-state index contributed by atoms with van der Waals surface area (Å²) in [7, 11) is 0. The molecule has 0 atom stereocenters. The molecular formula is C15H10BrNO3. The molecule has 1 aromatic heterocycles. The number of benzene rings is 2. The smallest absolute Gasteiger partial charge is 0.341 e. The Morgan fingerprint density at radius 1 is 1.20 bits per heavy atom. The number of hydrogen-bond donors (Lipinski definition) is 1. The zero-order valence-corrected chi connectivity index (χ0v) is 12.1. The zero-order valence-electron chi connectivity index (χ0n) is 10.6. The van der Waals surface area contributed by atoms with Gasteiger partial charge in [0, 0.05) is 10.0 Å². The van der Waals surface area contributed by atoms with Crippen LogP contribution in [0.3, 0.4) is 0 Å². The number of carboxylic acids is 1. The molecule has 0 amide bonds. The Morgan fingerprint density at radius 2 is 1.90 bits per heavy atom. The van der Waals surface area contributed by atoms with Gasteiger partial charge in [-0.15, -0.1) is 0 Å². The van der Waals surface area contributed by atoms with E-state index in [1.54, 1.807) is 6.92 Å². The van der Waals surface area contributed by atoms with E-state index in [9.17, 15) is 9.90 Å². The fraction of sp³-hybridized carbons (Fsp3) is 0.0667. The van der Waals surface area contributed by atoms with Gasteiger partial charge in [-0.05, 0) is 35.9 Å². The summed E-state index contributed by atoms with van der Waals surface area (Å²) in [5, 5.41) is 15.1. The van der Waals surface area contributed by atoms with Crippen molar-refractivity contribution >= 4 is 32.7 Å². The van der Waals surface area contributed by atoms with Crippen LogP contribution in [0.5, 0.6) is 0 Å². The quantitative estimate of drug-likeness (QED) is 0.761. The third kappa shape index (κ3) is 2.10. The van der Waals surface area contributed by atoms with Crippen LogP contribution in [0.4, 0.5) is 0 Å². The Kier molecular flexibility index (Phi) is 3.06. The van der Waals surface area contributed by atoms with E-state index in [2.05, 4.69) is 21.1 Å². The Bertz CT molecular complexity index is 823. The largest absolute Gasteiger partial charge is 0.477 e. The van der Waals surface area contributed by atoms with Crippen LogP contribution >= 0.6 is 15.9 Å². The highest BCUT2D eigenvalue weighted by molar-refractivity contribution is 9.10. The Balaban J connectivity index is 2.20. The maximum absolute atomic E-state index is 11.3. The minimum absolute atomic E-state index is 0.112. The third-order valence-electron chi connectivity index (χ3n) is 3.14. The summed E-state index contributed by atoms with van der Waals surface area (Å²) in [6, 6.07) is 11.6. The fourth-order valence-corrected chi connectivity index (χ4v) is 2.56. The molecule has 0 aliphatic heterocycles. The van der Waals surface area contributed by atoms with E-state index < -0.39 is 5.97 Å². The van der Waals surface area contributed by atoms with Crippen LogP contribution in [0.25, 0.3) is 22.1 Å². The van der Waals surface area contributed by atoms with E-state index in [1.807, 2.05) is 36.4 Å². The molecule has 0 unspecified atom stereocenters. The number of hydrogen-bond acceptors (Lipinski definition) is 3. The molecule has 0 saturated carbocycles. The molecule has 0 aliphatic carbocycles. The molecule has 0 radical (unpaired) electrons. The maximum atomic E-state index is 11.3. The van der Waals surface area contributed by atoms with Crippen molar-refractivity contribution < 1.29 is 14.4 Å². The molecule has 0 spiro atoms. The SMILES string of the molecule is Cc1noc(-c2ccc3cc(Br)ccc3c2)c1C(=O)O. The van der Waals surface area contributed by atoms with Crippen LogP contribution in [-0.2, 0) is 0 Å². The van der Waals surface area contributed by atoms with Gasteiger partial charge in [0.1, 0.15) is 5.56 Å². The van der Waals surface area contributed by atoms with Crippen molar-refractivity contribution in [1.29, 1.82) is 0 Å². The van der Waals surface area contributed by atoms with Crippen molar-refractivity contribution in [3.63, 3.8) is 0 Å². The van der Waals surface area contributed by atoms with Gasteiger partial charge in [0.05, 0.1) is 5.69 Å². The van der Waals surface area contributed by atoms with Crippen LogP contribution in [0.2, 0.25) is 0 Å². The van der Waals surface area contributed by atoms with E-state index in [1.165, 1.54) is 0 Å². The highest BCUT2D eigenvalue weighted by atomic mass is 79.9. The van der Waals surface area contributed by atoms with E-state index in [0.717, 1.165) is 15.2 Å². The predicted molar refractivity (Wildman–Crippen MR) is 78.8 cm³/mol. The lowest BCUT2D eigenvalue weighted by Gasteiger charge is -2.02. The summed E-state index contributed by atoms with van der Waals surface area (Å²) in [4.78, 5) is 11.3. The molecule has 4 nitrogen and oxygen atoms in total. The lowest BCUT2D eigenvalue weighted by molar-refractivity contribution is 0.0696. The van der Waals surface area contributed by atoms with E-state index >= 15 is 0 Å². The summed E-state index contributed by atoms with van der Waals surface area (Å²) in [5.41, 5.74) is 1.20. The summed E-state index contributed by atoms with van der Waals surface area (Å²) < 4.78 is 6.17. The van der Waals surface area contributed by atoms with E-state index in [4.69, 9.17) is 4.52 Å². The number of fused-ring (bicyclic) bond motifs is 1. The van der Waals surface area contributed by atoms with Crippen LogP contribution in [-0.4, -0.2) is 16.2 Å². The summed E-state index contributed by atoms with van der Waals surface area (Å²) in [5.74, 6) is -0.741. The van der Waals surface area contributed by atoms with Crippen LogP contribution in [0, 0.1) is 6.92 Å². The standard InChI is InChI=1S/C15H10BrNO3/c1-8-13(15(18)19)14(20-17-8)11-3-2-10-7-12(16)5-4-9(10)6-11/h2-7H,1H3,(H,18,19). The van der Waals surface area contributed by atoms with E-state index in [0.29, 0.717) is 17.0 Å². The minimum Gasteiger partial charge on any atom is -0.477 e. The average molecular weight is 332 g/mol. The van der Waals surface area contributed by atoms with E-state index in [-0.39, 0.29) is 5.56 Å². The fourth-order valence-electron chi connectivity index (χ4n) is 2.18. The lowest BCUT2D eigenvalue weighted by atomic mass is 10.0. The van der Waals surface area contributed by atoms with Crippen LogP contribution < -0.4 is 0 Å². The number of aromatic carboxylic acids is 1. The molecule has 2 aromatic carbocycles. The molecular weight excluding hydrogens is 322 g/mol. The van der Waals surface area contributed by atoms with Crippen molar-refractivity contribution in [3.8, 4) is 11.3 Å². The highest BCUT2D eigenvalue weighted by Crippen LogP contribution is 2.30. The number of halogens is 1. The second kappa shape index (κ2) is 4.76. The monoisotopic (exact) mass is 331 g/mol. The van der Waals surface area contributed by atoms with Crippen molar-refractivity contribution in [1.82, 2.24) is 5.16 Å². The molecule has 5 heteroatoms. The molecule has 3 rings (SSSR count). The first kappa shape index (κ1) is 12.9. The van der Waals surface area contributed by atoms with Gasteiger partial charge in [-0.25, -0.2) is 4.79 Å². The summed E-state index contributed by atoms with van der Waals surface area (Å²) in [6.45, 7) is 1.62. The number of nitrogens with zero attached hydrogens (tertiary/aromatic N) is 1. The van der Waals surface area contributed by atoms with Gasteiger partial charge in [-0.1, -0.05) is 39.3 Å². The van der Waals surface area contributed by atoms with Gasteiger partial charge in [-0.2, -0.15) is 0 Å². The van der Waals surface area contributed by atoms with Crippen molar-refractivity contribution in [2.24, 2.45) is 0 Å². The number of carbonyl (C=O) groups is 1. The third-order valence-corrected chi connectivity index (χ3v) is 3.63. The first-order chi connectivity index (χ1) is 9.56. The Labute approximate surface area is 123 Å². The van der Waals surface area contributed by atoms with Gasteiger partial charge in [-0.3, -0.25) is 0 Å². The molecule has 3 aromatic rings. The summed E-state index contributed by atoms with van der Waals surface area (Å²) >= 11 is 3.42. The van der Waals surface area contributed by atoms with Gasteiger partial charge in [0.2, 0.25) is 0 Å².